The number of ether oxygens (including phenoxy) is 4. The largest absolute Gasteiger partial charge is 0.497 e. The van der Waals surface area contributed by atoms with Crippen LogP contribution < -0.4 is 24.3 Å². The van der Waals surface area contributed by atoms with Gasteiger partial charge in [-0.05, 0) is 36.3 Å². The van der Waals surface area contributed by atoms with Crippen LogP contribution in [0.1, 0.15) is 36.2 Å². The monoisotopic (exact) mass is 469 g/mol. The fraction of sp³-hybridized carbons (Fsp3) is 0.320. The summed E-state index contributed by atoms with van der Waals surface area (Å²) in [7, 11) is 3.07. The molecule has 0 radical (unpaired) electrons. The number of hydrogen-bond acceptors (Lipinski definition) is 7. The van der Waals surface area contributed by atoms with Crippen LogP contribution in [0.15, 0.2) is 42.2 Å². The van der Waals surface area contributed by atoms with Crippen molar-refractivity contribution in [1.29, 1.82) is 0 Å². The highest BCUT2D eigenvalue weighted by Gasteiger charge is 2.29. The SMILES string of the molecule is CC[C@H](C)[C@H](NC(=O)COc1ccc2c(c1)O/C(=C/c1ccc(OC)cc1OC)C2=O)C(=O)O. The first kappa shape index (κ1) is 24.6. The van der Waals surface area contributed by atoms with E-state index in [1.54, 1.807) is 50.4 Å². The normalized spacial score (nSPS) is 15.2. The maximum absolute atomic E-state index is 12.8. The topological polar surface area (TPSA) is 120 Å². The van der Waals surface area contributed by atoms with Gasteiger partial charge in [-0.1, -0.05) is 20.3 Å². The van der Waals surface area contributed by atoms with Crippen LogP contribution in [0.2, 0.25) is 0 Å². The summed E-state index contributed by atoms with van der Waals surface area (Å²) in [4.78, 5) is 36.3. The minimum Gasteiger partial charge on any atom is -0.497 e. The van der Waals surface area contributed by atoms with Crippen LogP contribution in [0, 0.1) is 5.92 Å². The molecule has 1 amide bonds. The zero-order valence-electron chi connectivity index (χ0n) is 19.4. The van der Waals surface area contributed by atoms with Crippen LogP contribution in [0.25, 0.3) is 6.08 Å². The predicted octanol–water partition coefficient (Wildman–Crippen LogP) is 3.31. The Hall–Kier alpha value is -4.01. The van der Waals surface area contributed by atoms with Crippen molar-refractivity contribution < 1.29 is 38.4 Å². The lowest BCUT2D eigenvalue weighted by atomic mass is 9.99. The predicted molar refractivity (Wildman–Crippen MR) is 123 cm³/mol. The van der Waals surface area contributed by atoms with Crippen molar-refractivity contribution in [3.63, 3.8) is 0 Å². The van der Waals surface area contributed by atoms with Gasteiger partial charge in [0.05, 0.1) is 19.8 Å². The Kier molecular flexibility index (Phi) is 7.78. The van der Waals surface area contributed by atoms with Crippen molar-refractivity contribution in [3.8, 4) is 23.0 Å². The summed E-state index contributed by atoms with van der Waals surface area (Å²) >= 11 is 0. The second-order valence-electron chi connectivity index (χ2n) is 7.76. The number of hydrogen-bond donors (Lipinski definition) is 2. The number of allylic oxidation sites excluding steroid dienone is 1. The highest BCUT2D eigenvalue weighted by atomic mass is 16.5. The van der Waals surface area contributed by atoms with Crippen LogP contribution in [-0.4, -0.2) is 49.6 Å². The van der Waals surface area contributed by atoms with Crippen molar-refractivity contribution in [2.24, 2.45) is 5.92 Å². The van der Waals surface area contributed by atoms with E-state index in [1.807, 2.05) is 6.92 Å². The molecule has 3 rings (SSSR count). The molecule has 9 heteroatoms. The van der Waals surface area contributed by atoms with Crippen molar-refractivity contribution in [3.05, 3.63) is 53.3 Å². The maximum atomic E-state index is 12.8. The quantitative estimate of drug-likeness (QED) is 0.509. The fourth-order valence-corrected chi connectivity index (χ4v) is 3.38. The minimum atomic E-state index is -1.10. The van der Waals surface area contributed by atoms with Crippen molar-refractivity contribution in [2.75, 3.05) is 20.8 Å². The molecule has 1 heterocycles. The van der Waals surface area contributed by atoms with E-state index in [0.29, 0.717) is 40.5 Å². The van der Waals surface area contributed by atoms with E-state index < -0.39 is 17.9 Å². The third-order valence-electron chi connectivity index (χ3n) is 5.53. The first-order valence-electron chi connectivity index (χ1n) is 10.7. The number of carbonyl (C=O) groups excluding carboxylic acids is 2. The summed E-state index contributed by atoms with van der Waals surface area (Å²) in [5, 5.41) is 11.8. The molecule has 180 valence electrons. The first-order chi connectivity index (χ1) is 16.3. The van der Waals surface area contributed by atoms with Crippen molar-refractivity contribution >= 4 is 23.7 Å². The molecule has 9 nitrogen and oxygen atoms in total. The molecule has 1 aliphatic rings. The third-order valence-corrected chi connectivity index (χ3v) is 5.53. The molecular formula is C25H27NO8. The van der Waals surface area contributed by atoms with Crippen LogP contribution in [0.4, 0.5) is 0 Å². The average molecular weight is 469 g/mol. The maximum Gasteiger partial charge on any atom is 0.326 e. The minimum absolute atomic E-state index is 0.117. The Labute approximate surface area is 197 Å². The van der Waals surface area contributed by atoms with E-state index in [9.17, 15) is 19.5 Å². The van der Waals surface area contributed by atoms with Crippen LogP contribution >= 0.6 is 0 Å². The molecule has 2 N–H and O–H groups in total. The molecule has 2 aromatic carbocycles. The standard InChI is InChI=1S/C25H27NO8/c1-5-14(2)23(25(29)30)26-22(27)13-33-17-8-9-18-20(12-17)34-21(24(18)28)10-15-6-7-16(31-3)11-19(15)32-4/h6-12,14,23H,5,13H2,1-4H3,(H,26,27)(H,29,30)/b21-10+/t14-,23-/m0/s1. The summed E-state index contributed by atoms with van der Waals surface area (Å²) in [6.07, 6.45) is 2.18. The smallest absolute Gasteiger partial charge is 0.326 e. The molecule has 2 aromatic rings. The molecular weight excluding hydrogens is 442 g/mol. The number of carboxylic acid groups (broad SMARTS) is 1. The number of fused-ring (bicyclic) bond motifs is 1. The van der Waals surface area contributed by atoms with Crippen molar-refractivity contribution in [2.45, 2.75) is 26.3 Å². The number of amides is 1. The van der Waals surface area contributed by atoms with Crippen LogP contribution in [0.3, 0.4) is 0 Å². The zero-order chi connectivity index (χ0) is 24.8. The first-order valence-corrected chi connectivity index (χ1v) is 10.7. The molecule has 1 aliphatic heterocycles. The molecule has 34 heavy (non-hydrogen) atoms. The van der Waals surface area contributed by atoms with Gasteiger partial charge < -0.3 is 29.4 Å². The summed E-state index contributed by atoms with van der Waals surface area (Å²) in [5.41, 5.74) is 1.00. The van der Waals surface area contributed by atoms with Gasteiger partial charge in [-0.15, -0.1) is 0 Å². The highest BCUT2D eigenvalue weighted by Crippen LogP contribution is 2.36. The van der Waals surface area contributed by atoms with Gasteiger partial charge in [0.1, 0.15) is 29.0 Å². The summed E-state index contributed by atoms with van der Waals surface area (Å²) in [6.45, 7) is 3.22. The highest BCUT2D eigenvalue weighted by molar-refractivity contribution is 6.14. The Morgan fingerprint density at radius 1 is 1.12 bits per heavy atom. The van der Waals surface area contributed by atoms with E-state index in [-0.39, 0.29) is 24.1 Å². The number of aliphatic carboxylic acids is 1. The number of methoxy groups -OCH3 is 2. The Morgan fingerprint density at radius 2 is 1.85 bits per heavy atom. The molecule has 0 saturated heterocycles. The van der Waals surface area contributed by atoms with Gasteiger partial charge in [0.2, 0.25) is 5.78 Å². The summed E-state index contributed by atoms with van der Waals surface area (Å²) < 4.78 is 21.8. The second-order valence-corrected chi connectivity index (χ2v) is 7.76. The number of carboxylic acids is 1. The van der Waals surface area contributed by atoms with Gasteiger partial charge >= 0.3 is 5.97 Å². The molecule has 0 saturated carbocycles. The Morgan fingerprint density at radius 3 is 2.50 bits per heavy atom. The van der Waals surface area contributed by atoms with Crippen LogP contribution in [0.5, 0.6) is 23.0 Å². The molecule has 0 aromatic heterocycles. The van der Waals surface area contributed by atoms with Crippen LogP contribution in [-0.2, 0) is 9.59 Å². The third kappa shape index (κ3) is 5.48. The van der Waals surface area contributed by atoms with E-state index in [1.165, 1.54) is 13.2 Å². The van der Waals surface area contributed by atoms with E-state index in [0.717, 1.165) is 0 Å². The number of Topliss-reactive ketones (excluding diaryl/α,β-unsaturated/α-hetero) is 1. The van der Waals surface area contributed by atoms with E-state index >= 15 is 0 Å². The summed E-state index contributed by atoms with van der Waals surface area (Å²) in [5.74, 6) is -0.323. The molecule has 0 fully saturated rings. The number of benzene rings is 2. The zero-order valence-corrected chi connectivity index (χ0v) is 19.4. The number of nitrogens with one attached hydrogen (secondary N) is 1. The Bertz CT molecular complexity index is 1120. The fourth-order valence-electron chi connectivity index (χ4n) is 3.38. The summed E-state index contributed by atoms with van der Waals surface area (Å²) in [6, 6.07) is 8.81. The van der Waals surface area contributed by atoms with Gasteiger partial charge in [-0.2, -0.15) is 0 Å². The lowest BCUT2D eigenvalue weighted by molar-refractivity contribution is -0.143. The Balaban J connectivity index is 1.69. The van der Waals surface area contributed by atoms with Gasteiger partial charge in [0.15, 0.2) is 12.4 Å². The van der Waals surface area contributed by atoms with Crippen molar-refractivity contribution in [1.82, 2.24) is 5.32 Å². The van der Waals surface area contributed by atoms with E-state index in [4.69, 9.17) is 18.9 Å². The van der Waals surface area contributed by atoms with Gasteiger partial charge in [0, 0.05) is 17.7 Å². The average Bonchev–Trinajstić information content (AvgIpc) is 3.15. The second kappa shape index (κ2) is 10.7. The molecule has 0 spiro atoms. The molecule has 0 aliphatic carbocycles. The molecule has 0 bridgehead atoms. The van der Waals surface area contributed by atoms with Gasteiger partial charge in [-0.25, -0.2) is 4.79 Å². The molecule has 2 atom stereocenters. The number of rotatable bonds is 10. The number of carbonyl (C=O) groups is 3. The lowest BCUT2D eigenvalue weighted by Gasteiger charge is -2.20. The van der Waals surface area contributed by atoms with Gasteiger partial charge in [0.25, 0.3) is 5.91 Å². The lowest BCUT2D eigenvalue weighted by Crippen LogP contribution is -2.46. The van der Waals surface area contributed by atoms with E-state index in [2.05, 4.69) is 5.32 Å². The number of ketones is 1. The van der Waals surface area contributed by atoms with Gasteiger partial charge in [-0.3, -0.25) is 9.59 Å². The molecule has 0 unspecified atom stereocenters.